The fraction of sp³-hybridized carbons (Fsp3) is 0.280. The molecule has 33 heavy (non-hydrogen) atoms. The van der Waals surface area contributed by atoms with E-state index in [1.54, 1.807) is 34.4 Å². The maximum atomic E-state index is 14.3. The summed E-state index contributed by atoms with van der Waals surface area (Å²) in [7, 11) is 0. The molecule has 0 aliphatic carbocycles. The molecular formula is C25H23Cl2FN2O2S. The average Bonchev–Trinajstić information content (AvgIpc) is 3.27. The molecule has 0 saturated carbocycles. The number of carbonyl (C=O) groups is 2. The van der Waals surface area contributed by atoms with Crippen LogP contribution in [-0.2, 0) is 11.2 Å². The molecule has 0 fully saturated rings. The Labute approximate surface area is 206 Å². The molecule has 4 rings (SSSR count). The van der Waals surface area contributed by atoms with Gasteiger partial charge in [-0.3, -0.25) is 9.59 Å². The van der Waals surface area contributed by atoms with Crippen LogP contribution in [0.25, 0.3) is 0 Å². The highest BCUT2D eigenvalue weighted by molar-refractivity contribution is 7.10. The van der Waals surface area contributed by atoms with Gasteiger partial charge in [-0.1, -0.05) is 48.3 Å². The molecule has 2 heterocycles. The number of carbonyl (C=O) groups excluding carboxylic acids is 2. The van der Waals surface area contributed by atoms with E-state index in [1.165, 1.54) is 28.0 Å². The van der Waals surface area contributed by atoms with Crippen molar-refractivity contribution in [2.24, 2.45) is 0 Å². The number of hydrogen-bond acceptors (Lipinski definition) is 3. The van der Waals surface area contributed by atoms with Crippen molar-refractivity contribution in [1.29, 1.82) is 0 Å². The molecule has 1 aromatic heterocycles. The zero-order valence-electron chi connectivity index (χ0n) is 18.1. The van der Waals surface area contributed by atoms with E-state index in [0.717, 1.165) is 17.5 Å². The molecule has 172 valence electrons. The molecular weight excluding hydrogens is 482 g/mol. The van der Waals surface area contributed by atoms with Gasteiger partial charge in [0.2, 0.25) is 5.91 Å². The largest absolute Gasteiger partial charge is 0.330 e. The van der Waals surface area contributed by atoms with Crippen LogP contribution in [0.5, 0.6) is 0 Å². The van der Waals surface area contributed by atoms with E-state index < -0.39 is 11.7 Å². The van der Waals surface area contributed by atoms with E-state index in [9.17, 15) is 14.0 Å². The van der Waals surface area contributed by atoms with Crippen LogP contribution < -0.4 is 0 Å². The Morgan fingerprint density at radius 1 is 1.15 bits per heavy atom. The van der Waals surface area contributed by atoms with Gasteiger partial charge in [0.05, 0.1) is 11.6 Å². The minimum atomic E-state index is -0.595. The summed E-state index contributed by atoms with van der Waals surface area (Å²) in [5.74, 6) is -1.29. The van der Waals surface area contributed by atoms with Gasteiger partial charge in [0, 0.05) is 28.0 Å². The smallest absolute Gasteiger partial charge is 0.257 e. The lowest BCUT2D eigenvalue weighted by molar-refractivity contribution is -0.134. The zero-order chi connectivity index (χ0) is 23.5. The highest BCUT2D eigenvalue weighted by Gasteiger charge is 2.35. The maximum absolute atomic E-state index is 14.3. The minimum Gasteiger partial charge on any atom is -0.330 e. The molecule has 1 aliphatic rings. The van der Waals surface area contributed by atoms with Crippen LogP contribution in [0.1, 0.15) is 45.7 Å². The third-order valence-electron chi connectivity index (χ3n) is 5.75. The third-order valence-corrected chi connectivity index (χ3v) is 7.31. The normalized spacial score (nSPS) is 15.3. The van der Waals surface area contributed by atoms with Crippen molar-refractivity contribution in [3.63, 3.8) is 0 Å². The maximum Gasteiger partial charge on any atom is 0.257 e. The molecule has 0 saturated heterocycles. The highest BCUT2D eigenvalue weighted by Crippen LogP contribution is 2.41. The summed E-state index contributed by atoms with van der Waals surface area (Å²) in [6.07, 6.45) is 1.38. The molecule has 1 aliphatic heterocycles. The number of thiophene rings is 1. The van der Waals surface area contributed by atoms with Gasteiger partial charge in [0.25, 0.3) is 5.91 Å². The first kappa shape index (κ1) is 23.7. The summed E-state index contributed by atoms with van der Waals surface area (Å²) in [4.78, 5) is 31.0. The Hall–Kier alpha value is -2.41. The van der Waals surface area contributed by atoms with Gasteiger partial charge in [-0.05, 0) is 59.7 Å². The van der Waals surface area contributed by atoms with Gasteiger partial charge >= 0.3 is 0 Å². The first-order valence-corrected chi connectivity index (χ1v) is 12.4. The molecule has 2 aromatic carbocycles. The molecule has 8 heteroatoms. The lowest BCUT2D eigenvalue weighted by Crippen LogP contribution is -2.47. The van der Waals surface area contributed by atoms with Crippen LogP contribution >= 0.6 is 34.5 Å². The van der Waals surface area contributed by atoms with Gasteiger partial charge in [-0.25, -0.2) is 4.39 Å². The molecule has 1 unspecified atom stereocenters. The minimum absolute atomic E-state index is 0.0326. The quantitative estimate of drug-likeness (QED) is 0.399. The number of nitrogens with zero attached hydrogens (tertiary/aromatic N) is 2. The summed E-state index contributed by atoms with van der Waals surface area (Å²) in [6, 6.07) is 12.8. The van der Waals surface area contributed by atoms with Crippen LogP contribution in [0.4, 0.5) is 4.39 Å². The molecule has 0 radical (unpaired) electrons. The van der Waals surface area contributed by atoms with Crippen molar-refractivity contribution in [3.05, 3.63) is 91.3 Å². The molecule has 2 amide bonds. The van der Waals surface area contributed by atoms with E-state index in [2.05, 4.69) is 0 Å². The standard InChI is InChI=1S/C25H23Cl2FN2O2S/c1-2-11-29(25(32)18-5-3-4-6-21(18)28)15-23(31)30-12-9-22-19(10-13-33-22)24(30)17-8-7-16(26)14-20(17)27/h3-8,10,13-14,24H,2,9,11-12,15H2,1H3. The number of hydrogen-bond donors (Lipinski definition) is 0. The molecule has 0 spiro atoms. The van der Waals surface area contributed by atoms with Crippen molar-refractivity contribution in [2.45, 2.75) is 25.8 Å². The van der Waals surface area contributed by atoms with Crippen LogP contribution in [0.15, 0.2) is 53.9 Å². The van der Waals surface area contributed by atoms with Gasteiger partial charge in [0.1, 0.15) is 12.4 Å². The highest BCUT2D eigenvalue weighted by atomic mass is 35.5. The SMILES string of the molecule is CCCN(CC(=O)N1CCc2sccc2C1c1ccc(Cl)cc1Cl)C(=O)c1ccccc1F. The van der Waals surface area contributed by atoms with E-state index in [4.69, 9.17) is 23.2 Å². The van der Waals surface area contributed by atoms with Crippen molar-refractivity contribution in [3.8, 4) is 0 Å². The Bertz CT molecular complexity index is 1180. The second-order valence-corrected chi connectivity index (χ2v) is 9.76. The number of fused-ring (bicyclic) bond motifs is 1. The summed E-state index contributed by atoms with van der Waals surface area (Å²) < 4.78 is 14.3. The second-order valence-electron chi connectivity index (χ2n) is 7.91. The second kappa shape index (κ2) is 10.2. The average molecular weight is 505 g/mol. The Morgan fingerprint density at radius 2 is 1.94 bits per heavy atom. The van der Waals surface area contributed by atoms with Crippen LogP contribution in [-0.4, -0.2) is 41.2 Å². The van der Waals surface area contributed by atoms with Gasteiger partial charge in [0.15, 0.2) is 0 Å². The Morgan fingerprint density at radius 3 is 2.67 bits per heavy atom. The number of rotatable bonds is 6. The van der Waals surface area contributed by atoms with Crippen LogP contribution in [0.2, 0.25) is 10.0 Å². The molecule has 0 N–H and O–H groups in total. The van der Waals surface area contributed by atoms with Gasteiger partial charge in [-0.15, -0.1) is 11.3 Å². The lowest BCUT2D eigenvalue weighted by Gasteiger charge is -2.38. The predicted molar refractivity (Wildman–Crippen MR) is 131 cm³/mol. The van der Waals surface area contributed by atoms with Gasteiger partial charge < -0.3 is 9.80 Å². The molecule has 1 atom stereocenters. The molecule has 0 bridgehead atoms. The van der Waals surface area contributed by atoms with E-state index in [0.29, 0.717) is 29.6 Å². The van der Waals surface area contributed by atoms with E-state index in [1.807, 2.05) is 24.4 Å². The summed E-state index contributed by atoms with van der Waals surface area (Å²) >= 11 is 14.3. The zero-order valence-corrected chi connectivity index (χ0v) is 20.4. The molecule has 3 aromatic rings. The summed E-state index contributed by atoms with van der Waals surface area (Å²) in [5, 5.41) is 3.02. The van der Waals surface area contributed by atoms with Gasteiger partial charge in [-0.2, -0.15) is 0 Å². The van der Waals surface area contributed by atoms with Crippen molar-refractivity contribution in [2.75, 3.05) is 19.6 Å². The van der Waals surface area contributed by atoms with Crippen molar-refractivity contribution >= 4 is 46.4 Å². The van der Waals surface area contributed by atoms with E-state index in [-0.39, 0.29) is 24.1 Å². The summed E-state index contributed by atoms with van der Waals surface area (Å²) in [6.45, 7) is 2.63. The number of halogens is 3. The Kier molecular flexibility index (Phi) is 7.37. The summed E-state index contributed by atoms with van der Waals surface area (Å²) in [5.41, 5.74) is 1.79. The number of benzene rings is 2. The van der Waals surface area contributed by atoms with Crippen LogP contribution in [0, 0.1) is 5.82 Å². The lowest BCUT2D eigenvalue weighted by atomic mass is 9.93. The topological polar surface area (TPSA) is 40.6 Å². The fourth-order valence-electron chi connectivity index (χ4n) is 4.23. The van der Waals surface area contributed by atoms with Crippen LogP contribution in [0.3, 0.4) is 0 Å². The Balaban J connectivity index is 1.65. The first-order valence-electron chi connectivity index (χ1n) is 10.7. The van der Waals surface area contributed by atoms with Crippen molar-refractivity contribution < 1.29 is 14.0 Å². The predicted octanol–water partition coefficient (Wildman–Crippen LogP) is 6.22. The molecule has 4 nitrogen and oxygen atoms in total. The first-order chi connectivity index (χ1) is 15.9. The number of amides is 2. The van der Waals surface area contributed by atoms with E-state index >= 15 is 0 Å². The third kappa shape index (κ3) is 4.93. The van der Waals surface area contributed by atoms with Crippen molar-refractivity contribution in [1.82, 2.24) is 9.80 Å². The fourth-order valence-corrected chi connectivity index (χ4v) is 5.64. The monoisotopic (exact) mass is 504 g/mol.